The molecule has 0 radical (unpaired) electrons. The number of rotatable bonds is 8. The molecule has 0 N–H and O–H groups in total. The van der Waals surface area contributed by atoms with Crippen molar-refractivity contribution < 1.29 is 14.3 Å². The van der Waals surface area contributed by atoms with Gasteiger partial charge in [0.1, 0.15) is 18.1 Å². The fourth-order valence-electron chi connectivity index (χ4n) is 2.79. The van der Waals surface area contributed by atoms with E-state index in [0.29, 0.717) is 18.9 Å². The van der Waals surface area contributed by atoms with Gasteiger partial charge in [0.25, 0.3) is 0 Å². The Morgan fingerprint density at radius 3 is 2.69 bits per heavy atom. The molecule has 1 amide bonds. The summed E-state index contributed by atoms with van der Waals surface area (Å²) in [5, 5.41) is 0. The van der Waals surface area contributed by atoms with Crippen molar-refractivity contribution in [3.63, 3.8) is 0 Å². The number of aryl methyl sites for hydroxylation is 1. The van der Waals surface area contributed by atoms with E-state index in [1.54, 1.807) is 37.5 Å². The highest BCUT2D eigenvalue weighted by Crippen LogP contribution is 2.25. The largest absolute Gasteiger partial charge is 0.495 e. The summed E-state index contributed by atoms with van der Waals surface area (Å²) in [6.45, 7) is 2.88. The van der Waals surface area contributed by atoms with Gasteiger partial charge in [0.05, 0.1) is 31.4 Å². The number of hydrogen-bond acceptors (Lipinski definition) is 4. The first-order valence-electron chi connectivity index (χ1n) is 9.37. The SMILES string of the molecule is COc1cc(/C=C/C(=O)N(C)CCOc2ccccc2)ccc1-n1cnc(C)c1. The number of para-hydroxylation sites is 1. The number of hydrogen-bond donors (Lipinski definition) is 0. The van der Waals surface area contributed by atoms with E-state index < -0.39 is 0 Å². The molecule has 0 unspecified atom stereocenters. The lowest BCUT2D eigenvalue weighted by Gasteiger charge is -2.15. The van der Waals surface area contributed by atoms with Gasteiger partial charge in [-0.15, -0.1) is 0 Å². The van der Waals surface area contributed by atoms with Gasteiger partial charge in [-0.05, 0) is 42.8 Å². The van der Waals surface area contributed by atoms with Gasteiger partial charge in [0.15, 0.2) is 0 Å². The number of imidazole rings is 1. The van der Waals surface area contributed by atoms with Crippen LogP contribution in [0.2, 0.25) is 0 Å². The second-order valence-electron chi connectivity index (χ2n) is 6.61. The van der Waals surface area contributed by atoms with Crippen molar-refractivity contribution >= 4 is 12.0 Å². The third-order valence-corrected chi connectivity index (χ3v) is 4.43. The molecule has 29 heavy (non-hydrogen) atoms. The van der Waals surface area contributed by atoms with Crippen LogP contribution < -0.4 is 9.47 Å². The molecular formula is C23H25N3O3. The van der Waals surface area contributed by atoms with Gasteiger partial charge >= 0.3 is 0 Å². The van der Waals surface area contributed by atoms with Crippen molar-refractivity contribution in [2.24, 2.45) is 0 Å². The summed E-state index contributed by atoms with van der Waals surface area (Å²) in [6, 6.07) is 15.3. The fourth-order valence-corrected chi connectivity index (χ4v) is 2.79. The molecule has 0 saturated heterocycles. The first-order valence-corrected chi connectivity index (χ1v) is 9.37. The third kappa shape index (κ3) is 5.48. The van der Waals surface area contributed by atoms with Crippen molar-refractivity contribution in [3.8, 4) is 17.2 Å². The summed E-state index contributed by atoms with van der Waals surface area (Å²) in [5.41, 5.74) is 2.71. The van der Waals surface area contributed by atoms with Crippen LogP contribution >= 0.6 is 0 Å². The zero-order valence-electron chi connectivity index (χ0n) is 16.9. The Hall–Kier alpha value is -3.54. The van der Waals surface area contributed by atoms with E-state index in [4.69, 9.17) is 9.47 Å². The zero-order chi connectivity index (χ0) is 20.6. The minimum Gasteiger partial charge on any atom is -0.495 e. The highest BCUT2D eigenvalue weighted by atomic mass is 16.5. The molecule has 2 aromatic carbocycles. The molecule has 0 aliphatic heterocycles. The Labute approximate surface area is 171 Å². The normalized spacial score (nSPS) is 10.9. The van der Waals surface area contributed by atoms with Crippen LogP contribution in [0.4, 0.5) is 0 Å². The average Bonchev–Trinajstić information content (AvgIpc) is 3.18. The first-order chi connectivity index (χ1) is 14.1. The zero-order valence-corrected chi connectivity index (χ0v) is 16.9. The third-order valence-electron chi connectivity index (χ3n) is 4.43. The van der Waals surface area contributed by atoms with Crippen LogP contribution in [0.5, 0.6) is 11.5 Å². The van der Waals surface area contributed by atoms with Crippen molar-refractivity contribution in [2.75, 3.05) is 27.3 Å². The first kappa shape index (κ1) is 20.2. The van der Waals surface area contributed by atoms with E-state index in [0.717, 1.165) is 22.7 Å². The van der Waals surface area contributed by atoms with Crippen molar-refractivity contribution in [2.45, 2.75) is 6.92 Å². The molecule has 3 rings (SSSR count). The van der Waals surface area contributed by atoms with Gasteiger partial charge in [0, 0.05) is 19.3 Å². The lowest BCUT2D eigenvalue weighted by Crippen LogP contribution is -2.29. The maximum Gasteiger partial charge on any atom is 0.246 e. The molecular weight excluding hydrogens is 366 g/mol. The van der Waals surface area contributed by atoms with Gasteiger partial charge in [-0.1, -0.05) is 24.3 Å². The molecule has 0 aliphatic carbocycles. The number of carbonyl (C=O) groups is 1. The lowest BCUT2D eigenvalue weighted by atomic mass is 10.1. The van der Waals surface area contributed by atoms with Crippen LogP contribution in [0.3, 0.4) is 0 Å². The van der Waals surface area contributed by atoms with Crippen molar-refractivity contribution in [1.29, 1.82) is 0 Å². The highest BCUT2D eigenvalue weighted by Gasteiger charge is 2.08. The maximum atomic E-state index is 12.3. The van der Waals surface area contributed by atoms with E-state index in [1.807, 2.05) is 66.2 Å². The second kappa shape index (κ2) is 9.59. The fraction of sp³-hybridized carbons (Fsp3) is 0.217. The highest BCUT2D eigenvalue weighted by molar-refractivity contribution is 5.91. The summed E-state index contributed by atoms with van der Waals surface area (Å²) in [5.74, 6) is 1.42. The molecule has 150 valence electrons. The molecule has 6 heteroatoms. The molecule has 0 bridgehead atoms. The predicted molar refractivity (Wildman–Crippen MR) is 113 cm³/mol. The Morgan fingerprint density at radius 2 is 2.00 bits per heavy atom. The summed E-state index contributed by atoms with van der Waals surface area (Å²) >= 11 is 0. The number of carbonyl (C=O) groups excluding carboxylic acids is 1. The number of likely N-dealkylation sites (N-methyl/N-ethyl adjacent to an activating group) is 1. The van der Waals surface area contributed by atoms with Crippen LogP contribution in [0, 0.1) is 6.92 Å². The van der Waals surface area contributed by atoms with Gasteiger partial charge < -0.3 is 18.9 Å². The van der Waals surface area contributed by atoms with Crippen LogP contribution in [0.25, 0.3) is 11.8 Å². The van der Waals surface area contributed by atoms with Crippen LogP contribution in [0.1, 0.15) is 11.3 Å². The monoisotopic (exact) mass is 391 g/mol. The number of amides is 1. The van der Waals surface area contributed by atoms with E-state index in [9.17, 15) is 4.79 Å². The predicted octanol–water partition coefficient (Wildman–Crippen LogP) is 3.74. The quantitative estimate of drug-likeness (QED) is 0.549. The van der Waals surface area contributed by atoms with Crippen LogP contribution in [0.15, 0.2) is 67.1 Å². The number of benzene rings is 2. The minimum atomic E-state index is -0.0880. The standard InChI is InChI=1S/C23H25N3O3/c1-18-16-26(17-24-18)21-11-9-19(15-22(21)28-3)10-12-23(27)25(2)13-14-29-20-7-5-4-6-8-20/h4-12,15-17H,13-14H2,1-3H3/b12-10+. The topological polar surface area (TPSA) is 56.6 Å². The summed E-state index contributed by atoms with van der Waals surface area (Å²) in [6.07, 6.45) is 7.02. The van der Waals surface area contributed by atoms with E-state index in [2.05, 4.69) is 4.98 Å². The molecule has 0 saturated carbocycles. The van der Waals surface area contributed by atoms with Gasteiger partial charge in [0.2, 0.25) is 5.91 Å². The minimum absolute atomic E-state index is 0.0880. The number of aromatic nitrogens is 2. The van der Waals surface area contributed by atoms with Crippen LogP contribution in [-0.4, -0.2) is 47.7 Å². The van der Waals surface area contributed by atoms with Crippen LogP contribution in [-0.2, 0) is 4.79 Å². The molecule has 0 spiro atoms. The molecule has 1 aromatic heterocycles. The Kier molecular flexibility index (Phi) is 6.68. The average molecular weight is 391 g/mol. The molecule has 6 nitrogen and oxygen atoms in total. The maximum absolute atomic E-state index is 12.3. The van der Waals surface area contributed by atoms with E-state index >= 15 is 0 Å². The second-order valence-corrected chi connectivity index (χ2v) is 6.61. The smallest absolute Gasteiger partial charge is 0.246 e. The van der Waals surface area contributed by atoms with Crippen molar-refractivity contribution in [3.05, 3.63) is 78.4 Å². The Bertz CT molecular complexity index is 980. The Morgan fingerprint density at radius 1 is 1.21 bits per heavy atom. The summed E-state index contributed by atoms with van der Waals surface area (Å²) < 4.78 is 13.0. The molecule has 0 fully saturated rings. The number of methoxy groups -OCH3 is 1. The van der Waals surface area contributed by atoms with Crippen molar-refractivity contribution in [1.82, 2.24) is 14.5 Å². The van der Waals surface area contributed by atoms with Gasteiger partial charge in [-0.25, -0.2) is 4.98 Å². The number of nitrogens with zero attached hydrogens (tertiary/aromatic N) is 3. The van der Waals surface area contributed by atoms with Gasteiger partial charge in [-0.2, -0.15) is 0 Å². The van der Waals surface area contributed by atoms with Gasteiger partial charge in [-0.3, -0.25) is 4.79 Å². The number of ether oxygens (including phenoxy) is 2. The molecule has 1 heterocycles. The molecule has 0 atom stereocenters. The summed E-state index contributed by atoms with van der Waals surface area (Å²) in [4.78, 5) is 18.2. The van der Waals surface area contributed by atoms with E-state index in [-0.39, 0.29) is 5.91 Å². The molecule has 0 aliphatic rings. The summed E-state index contributed by atoms with van der Waals surface area (Å²) in [7, 11) is 3.38. The molecule has 3 aromatic rings. The Balaban J connectivity index is 1.59. The van der Waals surface area contributed by atoms with E-state index in [1.165, 1.54) is 0 Å². The lowest BCUT2D eigenvalue weighted by molar-refractivity contribution is -0.125.